The maximum absolute atomic E-state index is 14.0. The van der Waals surface area contributed by atoms with Gasteiger partial charge in [0.15, 0.2) is 0 Å². The second kappa shape index (κ2) is 7.04. The van der Waals surface area contributed by atoms with Crippen LogP contribution in [0.4, 0.5) is 4.39 Å². The van der Waals surface area contributed by atoms with E-state index >= 15 is 0 Å². The lowest BCUT2D eigenvalue weighted by Gasteiger charge is -2.34. The van der Waals surface area contributed by atoms with Gasteiger partial charge >= 0.3 is 0 Å². The lowest BCUT2D eigenvalue weighted by Crippen LogP contribution is -2.48. The van der Waals surface area contributed by atoms with Crippen LogP contribution in [0.1, 0.15) is 21.6 Å². The van der Waals surface area contributed by atoms with E-state index in [1.165, 1.54) is 6.07 Å². The van der Waals surface area contributed by atoms with Gasteiger partial charge in [0.2, 0.25) is 0 Å². The molecular weight excluding hydrogens is 331 g/mol. The summed E-state index contributed by atoms with van der Waals surface area (Å²) >= 11 is 5.83. The van der Waals surface area contributed by atoms with Gasteiger partial charge in [-0.1, -0.05) is 17.7 Å². The normalized spacial score (nSPS) is 15.3. The molecule has 0 unspecified atom stereocenters. The van der Waals surface area contributed by atoms with Crippen LogP contribution in [0.25, 0.3) is 0 Å². The molecule has 1 aromatic heterocycles. The van der Waals surface area contributed by atoms with E-state index in [4.69, 9.17) is 16.9 Å². The number of H-pyrrole nitrogens is 1. The van der Waals surface area contributed by atoms with E-state index in [0.717, 1.165) is 0 Å². The Labute approximate surface area is 144 Å². The quantitative estimate of drug-likeness (QED) is 0.929. The van der Waals surface area contributed by atoms with Crippen molar-refractivity contribution in [2.75, 3.05) is 26.2 Å². The van der Waals surface area contributed by atoms with Gasteiger partial charge in [0.05, 0.1) is 16.7 Å². The fraction of sp³-hybridized carbons (Fsp3) is 0.294. The predicted octanol–water partition coefficient (Wildman–Crippen LogP) is 2.64. The molecule has 0 radical (unpaired) electrons. The molecule has 5 nitrogen and oxygen atoms in total. The van der Waals surface area contributed by atoms with Crippen molar-refractivity contribution in [1.82, 2.24) is 14.8 Å². The van der Waals surface area contributed by atoms with Crippen molar-refractivity contribution in [3.63, 3.8) is 0 Å². The molecule has 1 aliphatic rings. The van der Waals surface area contributed by atoms with Gasteiger partial charge < -0.3 is 9.88 Å². The van der Waals surface area contributed by atoms with E-state index in [1.54, 1.807) is 29.3 Å². The van der Waals surface area contributed by atoms with Crippen LogP contribution < -0.4 is 0 Å². The first-order valence-corrected chi connectivity index (χ1v) is 7.98. The third-order valence-electron chi connectivity index (χ3n) is 4.11. The number of aromatic nitrogens is 1. The lowest BCUT2D eigenvalue weighted by molar-refractivity contribution is 0.0622. The highest BCUT2D eigenvalue weighted by atomic mass is 35.5. The van der Waals surface area contributed by atoms with Crippen molar-refractivity contribution < 1.29 is 9.18 Å². The Bertz CT molecular complexity index is 790. The molecule has 124 valence electrons. The third kappa shape index (κ3) is 3.58. The van der Waals surface area contributed by atoms with E-state index < -0.39 is 0 Å². The molecular formula is C17H16ClFN4O. The molecule has 1 aromatic carbocycles. The summed E-state index contributed by atoms with van der Waals surface area (Å²) in [5, 5.41) is 9.28. The summed E-state index contributed by atoms with van der Waals surface area (Å²) in [4.78, 5) is 19.0. The predicted molar refractivity (Wildman–Crippen MR) is 88.1 cm³/mol. The van der Waals surface area contributed by atoms with Crippen LogP contribution in [-0.2, 0) is 6.54 Å². The molecule has 0 aliphatic carbocycles. The maximum atomic E-state index is 14.0. The Balaban J connectivity index is 1.57. The number of piperazine rings is 1. The van der Waals surface area contributed by atoms with Gasteiger partial charge in [-0.15, -0.1) is 0 Å². The Kier molecular flexibility index (Phi) is 4.84. The Morgan fingerprint density at radius 3 is 2.62 bits per heavy atom. The zero-order valence-corrected chi connectivity index (χ0v) is 13.7. The number of nitrogens with one attached hydrogen (secondary N) is 1. The van der Waals surface area contributed by atoms with Gasteiger partial charge in [0, 0.05) is 44.5 Å². The van der Waals surface area contributed by atoms with Gasteiger partial charge in [0.1, 0.15) is 11.5 Å². The largest absolute Gasteiger partial charge is 0.356 e. The van der Waals surface area contributed by atoms with Gasteiger partial charge in [-0.05, 0) is 18.2 Å². The van der Waals surface area contributed by atoms with Crippen LogP contribution in [0.2, 0.25) is 5.02 Å². The first-order chi connectivity index (χ1) is 11.6. The van der Waals surface area contributed by atoms with Crippen molar-refractivity contribution in [1.29, 1.82) is 5.26 Å². The fourth-order valence-corrected chi connectivity index (χ4v) is 2.92. The molecule has 0 bridgehead atoms. The second-order valence-corrected chi connectivity index (χ2v) is 6.15. The van der Waals surface area contributed by atoms with E-state index in [2.05, 4.69) is 9.88 Å². The van der Waals surface area contributed by atoms with Gasteiger partial charge in [-0.2, -0.15) is 5.26 Å². The summed E-state index contributed by atoms with van der Waals surface area (Å²) < 4.78 is 14.0. The first kappa shape index (κ1) is 16.5. The molecule has 0 spiro atoms. The average Bonchev–Trinajstić information content (AvgIpc) is 3.03. The minimum absolute atomic E-state index is 0.0777. The van der Waals surface area contributed by atoms with Crippen LogP contribution in [0.15, 0.2) is 30.5 Å². The maximum Gasteiger partial charge on any atom is 0.270 e. The molecule has 2 heterocycles. The summed E-state index contributed by atoms with van der Waals surface area (Å²) in [6.45, 7) is 2.95. The van der Waals surface area contributed by atoms with Crippen LogP contribution in [0, 0.1) is 17.1 Å². The summed E-state index contributed by atoms with van der Waals surface area (Å²) in [7, 11) is 0. The van der Waals surface area contributed by atoms with Gasteiger partial charge in [-0.3, -0.25) is 9.69 Å². The highest BCUT2D eigenvalue weighted by Crippen LogP contribution is 2.16. The van der Waals surface area contributed by atoms with Crippen LogP contribution in [-0.4, -0.2) is 46.9 Å². The smallest absolute Gasteiger partial charge is 0.270 e. The lowest BCUT2D eigenvalue weighted by atomic mass is 10.1. The van der Waals surface area contributed by atoms with E-state index in [1.807, 2.05) is 6.07 Å². The van der Waals surface area contributed by atoms with Crippen LogP contribution in [0.3, 0.4) is 0 Å². The van der Waals surface area contributed by atoms with E-state index in [-0.39, 0.29) is 11.7 Å². The molecule has 0 saturated carbocycles. The monoisotopic (exact) mass is 346 g/mol. The van der Waals surface area contributed by atoms with Gasteiger partial charge in [0.25, 0.3) is 5.91 Å². The number of hydrogen-bond acceptors (Lipinski definition) is 3. The number of rotatable bonds is 3. The second-order valence-electron chi connectivity index (χ2n) is 5.72. The summed E-state index contributed by atoms with van der Waals surface area (Å²) in [6, 6.07) is 8.06. The van der Waals surface area contributed by atoms with Gasteiger partial charge in [-0.25, -0.2) is 4.39 Å². The number of aromatic amines is 1. The van der Waals surface area contributed by atoms with Crippen LogP contribution in [0.5, 0.6) is 0 Å². The Morgan fingerprint density at radius 1 is 1.29 bits per heavy atom. The summed E-state index contributed by atoms with van der Waals surface area (Å²) in [5.41, 5.74) is 1.35. The van der Waals surface area contributed by atoms with E-state index in [9.17, 15) is 9.18 Å². The molecule has 1 saturated heterocycles. The van der Waals surface area contributed by atoms with Crippen molar-refractivity contribution in [3.05, 3.63) is 58.1 Å². The van der Waals surface area contributed by atoms with Crippen molar-refractivity contribution in [3.8, 4) is 6.07 Å². The SMILES string of the molecule is N#Cc1ccc(CN2CCN(C(=O)c3cc(Cl)c[nH]3)CC2)c(F)c1. The molecule has 1 amide bonds. The fourth-order valence-electron chi connectivity index (χ4n) is 2.76. The Morgan fingerprint density at radius 2 is 2.04 bits per heavy atom. The number of nitrogens with zero attached hydrogens (tertiary/aromatic N) is 3. The van der Waals surface area contributed by atoms with Crippen molar-refractivity contribution in [2.24, 2.45) is 0 Å². The molecule has 24 heavy (non-hydrogen) atoms. The highest BCUT2D eigenvalue weighted by molar-refractivity contribution is 6.30. The number of hydrogen-bond donors (Lipinski definition) is 1. The third-order valence-corrected chi connectivity index (χ3v) is 4.33. The van der Waals surface area contributed by atoms with E-state index in [0.29, 0.717) is 54.6 Å². The summed E-state index contributed by atoms with van der Waals surface area (Å²) in [5.74, 6) is -0.445. The molecule has 2 aromatic rings. The molecule has 1 aliphatic heterocycles. The van der Waals surface area contributed by atoms with Crippen LogP contribution >= 0.6 is 11.6 Å². The number of benzene rings is 1. The first-order valence-electron chi connectivity index (χ1n) is 7.61. The molecule has 1 N–H and O–H groups in total. The number of halogens is 2. The average molecular weight is 347 g/mol. The highest BCUT2D eigenvalue weighted by Gasteiger charge is 2.23. The standard InChI is InChI=1S/C17H16ClFN4O/c18-14-8-16(21-10-14)17(24)23-5-3-22(4-6-23)11-13-2-1-12(9-20)7-15(13)19/h1-2,7-8,10,21H,3-6,11H2. The Hall–Kier alpha value is -2.36. The van der Waals surface area contributed by atoms with Crippen molar-refractivity contribution in [2.45, 2.75) is 6.54 Å². The molecule has 7 heteroatoms. The topological polar surface area (TPSA) is 63.1 Å². The molecule has 1 fully saturated rings. The van der Waals surface area contributed by atoms with Crippen molar-refractivity contribution >= 4 is 17.5 Å². The number of carbonyl (C=O) groups is 1. The zero-order valence-electron chi connectivity index (χ0n) is 12.9. The number of carbonyl (C=O) groups excluding carboxylic acids is 1. The minimum atomic E-state index is -0.367. The number of amides is 1. The molecule has 0 atom stereocenters. The number of nitriles is 1. The minimum Gasteiger partial charge on any atom is -0.356 e. The zero-order chi connectivity index (χ0) is 17.1. The summed E-state index contributed by atoms with van der Waals surface area (Å²) in [6.07, 6.45) is 1.58. The molecule has 3 rings (SSSR count).